The second-order valence-electron chi connectivity index (χ2n) is 5.20. The number of aliphatic hydroxyl groups is 1. The summed E-state index contributed by atoms with van der Waals surface area (Å²) in [5.74, 6) is 0.839. The third kappa shape index (κ3) is 2.92. The molecule has 0 bridgehead atoms. The number of likely N-dealkylation sites (tertiary alicyclic amines) is 1. The van der Waals surface area contributed by atoms with Crippen LogP contribution in [0.15, 0.2) is 0 Å². The van der Waals surface area contributed by atoms with E-state index in [1.807, 2.05) is 0 Å². The molecule has 0 aromatic heterocycles. The van der Waals surface area contributed by atoms with Gasteiger partial charge in [0.25, 0.3) is 0 Å². The van der Waals surface area contributed by atoms with Gasteiger partial charge in [0.1, 0.15) is 0 Å². The minimum atomic E-state index is -0.0696. The maximum Gasteiger partial charge on any atom is 0.0679 e. The Morgan fingerprint density at radius 2 is 2.13 bits per heavy atom. The average molecular weight is 212 g/mol. The van der Waals surface area contributed by atoms with E-state index in [4.69, 9.17) is 5.73 Å². The van der Waals surface area contributed by atoms with Crippen molar-refractivity contribution in [1.29, 1.82) is 0 Å². The van der Waals surface area contributed by atoms with E-state index in [0.717, 1.165) is 38.0 Å². The molecule has 2 aliphatic rings. The molecule has 2 rings (SSSR count). The van der Waals surface area contributed by atoms with Gasteiger partial charge in [0.2, 0.25) is 0 Å². The Kier molecular flexibility index (Phi) is 4.00. The van der Waals surface area contributed by atoms with Crippen molar-refractivity contribution in [3.63, 3.8) is 0 Å². The Morgan fingerprint density at radius 3 is 2.80 bits per heavy atom. The predicted molar refractivity (Wildman–Crippen MR) is 61.6 cm³/mol. The highest BCUT2D eigenvalue weighted by Gasteiger charge is 2.30. The molecule has 0 amide bonds. The third-order valence-electron chi connectivity index (χ3n) is 4.04. The maximum atomic E-state index is 9.54. The van der Waals surface area contributed by atoms with Gasteiger partial charge in [-0.05, 0) is 38.1 Å². The van der Waals surface area contributed by atoms with Crippen molar-refractivity contribution in [2.45, 2.75) is 50.7 Å². The number of β-amino-alcohol motifs (C(OH)–C–C–N with tert-alkyl or cyclic N) is 1. The van der Waals surface area contributed by atoms with Crippen molar-refractivity contribution in [3.05, 3.63) is 0 Å². The summed E-state index contributed by atoms with van der Waals surface area (Å²) in [7, 11) is 0. The average Bonchev–Trinajstić information content (AvgIpc) is 2.66. The summed E-state index contributed by atoms with van der Waals surface area (Å²) in [6.07, 6.45) is 7.44. The first-order chi connectivity index (χ1) is 7.29. The van der Waals surface area contributed by atoms with E-state index in [0.29, 0.717) is 0 Å². The SMILES string of the molecule is NCCC1CCCC(N2CCC(O)C2)C1. The molecule has 2 fully saturated rings. The van der Waals surface area contributed by atoms with Crippen LogP contribution in [0.2, 0.25) is 0 Å². The van der Waals surface area contributed by atoms with E-state index in [1.54, 1.807) is 0 Å². The molecule has 1 heterocycles. The highest BCUT2D eigenvalue weighted by atomic mass is 16.3. The zero-order valence-corrected chi connectivity index (χ0v) is 9.57. The molecule has 1 aliphatic carbocycles. The zero-order chi connectivity index (χ0) is 10.7. The van der Waals surface area contributed by atoms with Crippen LogP contribution in [0.4, 0.5) is 0 Å². The molecule has 1 saturated heterocycles. The molecule has 1 aliphatic heterocycles. The lowest BCUT2D eigenvalue weighted by Gasteiger charge is -2.35. The van der Waals surface area contributed by atoms with Gasteiger partial charge in [0, 0.05) is 19.1 Å². The highest BCUT2D eigenvalue weighted by Crippen LogP contribution is 2.31. The number of hydrogen-bond acceptors (Lipinski definition) is 3. The summed E-state index contributed by atoms with van der Waals surface area (Å²) in [6.45, 7) is 2.83. The molecule has 0 spiro atoms. The molecule has 3 nitrogen and oxygen atoms in total. The largest absolute Gasteiger partial charge is 0.392 e. The minimum absolute atomic E-state index is 0.0696. The van der Waals surface area contributed by atoms with E-state index in [9.17, 15) is 5.11 Å². The van der Waals surface area contributed by atoms with Gasteiger partial charge in [-0.2, -0.15) is 0 Å². The first-order valence-corrected chi connectivity index (χ1v) is 6.41. The van der Waals surface area contributed by atoms with Gasteiger partial charge in [0.05, 0.1) is 6.10 Å². The molecule has 3 heteroatoms. The lowest BCUT2D eigenvalue weighted by Crippen LogP contribution is -2.38. The Hall–Kier alpha value is -0.120. The predicted octanol–water partition coefficient (Wildman–Crippen LogP) is 0.961. The van der Waals surface area contributed by atoms with Crippen LogP contribution in [0, 0.1) is 5.92 Å². The van der Waals surface area contributed by atoms with Crippen molar-refractivity contribution < 1.29 is 5.11 Å². The normalized spacial score (nSPS) is 38.4. The summed E-state index contributed by atoms with van der Waals surface area (Å²) in [4.78, 5) is 2.49. The van der Waals surface area contributed by atoms with Crippen molar-refractivity contribution >= 4 is 0 Å². The lowest BCUT2D eigenvalue weighted by molar-refractivity contribution is 0.124. The highest BCUT2D eigenvalue weighted by molar-refractivity contribution is 4.85. The van der Waals surface area contributed by atoms with Gasteiger partial charge >= 0.3 is 0 Å². The molecule has 1 saturated carbocycles. The summed E-state index contributed by atoms with van der Waals surface area (Å²) >= 11 is 0. The first kappa shape index (κ1) is 11.4. The monoisotopic (exact) mass is 212 g/mol. The second kappa shape index (κ2) is 5.28. The summed E-state index contributed by atoms with van der Waals surface area (Å²) in [6, 6.07) is 0.729. The molecule has 0 aromatic carbocycles. The Labute approximate surface area is 92.6 Å². The van der Waals surface area contributed by atoms with Gasteiger partial charge in [0.15, 0.2) is 0 Å². The quantitative estimate of drug-likeness (QED) is 0.732. The molecule has 15 heavy (non-hydrogen) atoms. The number of nitrogens with zero attached hydrogens (tertiary/aromatic N) is 1. The van der Waals surface area contributed by atoms with E-state index in [-0.39, 0.29) is 6.10 Å². The number of aliphatic hydroxyl groups excluding tert-OH is 1. The minimum Gasteiger partial charge on any atom is -0.392 e. The Bertz CT molecular complexity index is 196. The molecule has 3 N–H and O–H groups in total. The van der Waals surface area contributed by atoms with E-state index >= 15 is 0 Å². The molecule has 3 unspecified atom stereocenters. The van der Waals surface area contributed by atoms with E-state index < -0.39 is 0 Å². The topological polar surface area (TPSA) is 49.5 Å². The zero-order valence-electron chi connectivity index (χ0n) is 9.57. The van der Waals surface area contributed by atoms with Crippen LogP contribution in [0.5, 0.6) is 0 Å². The van der Waals surface area contributed by atoms with Crippen molar-refractivity contribution in [1.82, 2.24) is 4.90 Å². The van der Waals surface area contributed by atoms with E-state index in [1.165, 1.54) is 32.1 Å². The van der Waals surface area contributed by atoms with Gasteiger partial charge in [-0.3, -0.25) is 4.90 Å². The molecule has 3 atom stereocenters. The van der Waals surface area contributed by atoms with Gasteiger partial charge < -0.3 is 10.8 Å². The Morgan fingerprint density at radius 1 is 1.27 bits per heavy atom. The summed E-state index contributed by atoms with van der Waals surface area (Å²) in [5.41, 5.74) is 5.63. The van der Waals surface area contributed by atoms with Gasteiger partial charge in [-0.15, -0.1) is 0 Å². The van der Waals surface area contributed by atoms with Crippen LogP contribution in [0.3, 0.4) is 0 Å². The van der Waals surface area contributed by atoms with E-state index in [2.05, 4.69) is 4.90 Å². The third-order valence-corrected chi connectivity index (χ3v) is 4.04. The molecular formula is C12H24N2O. The van der Waals surface area contributed by atoms with Crippen LogP contribution in [0.25, 0.3) is 0 Å². The smallest absolute Gasteiger partial charge is 0.0679 e. The van der Waals surface area contributed by atoms with Crippen LogP contribution in [0.1, 0.15) is 38.5 Å². The summed E-state index contributed by atoms with van der Waals surface area (Å²) in [5, 5.41) is 9.54. The van der Waals surface area contributed by atoms with Crippen LogP contribution < -0.4 is 5.73 Å². The molecular weight excluding hydrogens is 188 g/mol. The second-order valence-corrected chi connectivity index (χ2v) is 5.20. The standard InChI is InChI=1S/C12H24N2O/c13-6-4-10-2-1-3-11(8-10)14-7-5-12(15)9-14/h10-12,15H,1-9,13H2. The molecule has 88 valence electrons. The fourth-order valence-electron chi connectivity index (χ4n) is 3.19. The van der Waals surface area contributed by atoms with Crippen LogP contribution >= 0.6 is 0 Å². The fourth-order valence-corrected chi connectivity index (χ4v) is 3.19. The summed E-state index contributed by atoms with van der Waals surface area (Å²) < 4.78 is 0. The lowest BCUT2D eigenvalue weighted by atomic mass is 9.83. The number of rotatable bonds is 3. The fraction of sp³-hybridized carbons (Fsp3) is 1.00. The first-order valence-electron chi connectivity index (χ1n) is 6.41. The van der Waals surface area contributed by atoms with Crippen molar-refractivity contribution in [2.75, 3.05) is 19.6 Å². The van der Waals surface area contributed by atoms with Crippen LogP contribution in [-0.4, -0.2) is 41.8 Å². The maximum absolute atomic E-state index is 9.54. The molecule has 0 radical (unpaired) electrons. The van der Waals surface area contributed by atoms with Crippen molar-refractivity contribution in [2.24, 2.45) is 11.7 Å². The van der Waals surface area contributed by atoms with Crippen molar-refractivity contribution in [3.8, 4) is 0 Å². The number of hydrogen-bond donors (Lipinski definition) is 2. The number of nitrogens with two attached hydrogens (primary N) is 1. The Balaban J connectivity index is 1.81. The van der Waals surface area contributed by atoms with Gasteiger partial charge in [-0.25, -0.2) is 0 Å². The molecule has 0 aromatic rings. The van der Waals surface area contributed by atoms with Gasteiger partial charge in [-0.1, -0.05) is 12.8 Å². The van der Waals surface area contributed by atoms with Crippen LogP contribution in [-0.2, 0) is 0 Å².